The summed E-state index contributed by atoms with van der Waals surface area (Å²) in [6.45, 7) is 1.82. The first-order valence-electron chi connectivity index (χ1n) is 8.68. The van der Waals surface area contributed by atoms with E-state index in [4.69, 9.17) is 0 Å². The molecule has 1 atom stereocenters. The topological polar surface area (TPSA) is 71.5 Å². The van der Waals surface area contributed by atoms with Gasteiger partial charge in [0.25, 0.3) is 0 Å². The van der Waals surface area contributed by atoms with Crippen molar-refractivity contribution in [2.75, 3.05) is 18.8 Å². The zero-order chi connectivity index (χ0) is 19.7. The Kier molecular flexibility index (Phi) is 5.69. The van der Waals surface area contributed by atoms with Crippen molar-refractivity contribution >= 4 is 19.9 Å². The predicted molar refractivity (Wildman–Crippen MR) is 103 cm³/mol. The molecule has 0 radical (unpaired) electrons. The molecule has 146 valence electrons. The van der Waals surface area contributed by atoms with E-state index in [1.54, 1.807) is 24.3 Å². The van der Waals surface area contributed by atoms with Crippen LogP contribution in [0.5, 0.6) is 0 Å². The minimum Gasteiger partial charge on any atom is -0.228 e. The fourth-order valence-corrected chi connectivity index (χ4v) is 6.85. The molecule has 5 nitrogen and oxygen atoms in total. The van der Waals surface area contributed by atoms with Crippen molar-refractivity contribution < 1.29 is 21.2 Å². The molecule has 1 saturated heterocycles. The molecular formula is C19H22FNO4S2. The predicted octanol–water partition coefficient (Wildman–Crippen LogP) is 2.83. The number of nitrogens with zero attached hydrogens (tertiary/aromatic N) is 1. The molecule has 2 aromatic rings. The Hall–Kier alpha value is -1.77. The standard InChI is InChI=1S/C19H22FNO4S2/c1-15-5-4-6-16(13-15)14-27(24,25)21-10-9-19(26(22,23)12-11-21)17-7-2-3-8-18(17)20/h2-8,13,19H,9-12,14H2,1H3. The highest BCUT2D eigenvalue weighted by Gasteiger charge is 2.36. The van der Waals surface area contributed by atoms with Crippen LogP contribution in [0.4, 0.5) is 4.39 Å². The van der Waals surface area contributed by atoms with Gasteiger partial charge in [0.1, 0.15) is 5.82 Å². The monoisotopic (exact) mass is 411 g/mol. The fourth-order valence-electron chi connectivity index (χ4n) is 3.39. The Balaban J connectivity index is 1.83. The van der Waals surface area contributed by atoms with Gasteiger partial charge in [0.2, 0.25) is 10.0 Å². The smallest absolute Gasteiger partial charge is 0.218 e. The summed E-state index contributed by atoms with van der Waals surface area (Å²) in [5.41, 5.74) is 1.73. The van der Waals surface area contributed by atoms with Gasteiger partial charge in [0, 0.05) is 18.7 Å². The van der Waals surface area contributed by atoms with E-state index in [9.17, 15) is 21.2 Å². The number of sulfonamides is 1. The second-order valence-electron chi connectivity index (χ2n) is 6.81. The normalized spacial score (nSPS) is 20.9. The van der Waals surface area contributed by atoms with Gasteiger partial charge >= 0.3 is 0 Å². The highest BCUT2D eigenvalue weighted by molar-refractivity contribution is 7.91. The van der Waals surface area contributed by atoms with Crippen molar-refractivity contribution in [1.29, 1.82) is 0 Å². The molecule has 1 heterocycles. The van der Waals surface area contributed by atoms with E-state index in [-0.39, 0.29) is 36.6 Å². The van der Waals surface area contributed by atoms with Crippen LogP contribution >= 0.6 is 0 Å². The van der Waals surface area contributed by atoms with E-state index in [0.29, 0.717) is 5.56 Å². The summed E-state index contributed by atoms with van der Waals surface area (Å²) in [4.78, 5) is 0. The number of benzene rings is 2. The number of sulfone groups is 1. The van der Waals surface area contributed by atoms with E-state index in [2.05, 4.69) is 0 Å². The first-order chi connectivity index (χ1) is 12.7. The Morgan fingerprint density at radius 3 is 2.56 bits per heavy atom. The minimum absolute atomic E-state index is 0.0380. The van der Waals surface area contributed by atoms with E-state index in [1.807, 2.05) is 13.0 Å². The molecule has 0 N–H and O–H groups in total. The van der Waals surface area contributed by atoms with Crippen LogP contribution in [0.15, 0.2) is 48.5 Å². The van der Waals surface area contributed by atoms with Gasteiger partial charge in [0.15, 0.2) is 9.84 Å². The Morgan fingerprint density at radius 1 is 1.11 bits per heavy atom. The lowest BCUT2D eigenvalue weighted by atomic mass is 10.1. The lowest BCUT2D eigenvalue weighted by Gasteiger charge is -2.20. The molecule has 8 heteroatoms. The summed E-state index contributed by atoms with van der Waals surface area (Å²) >= 11 is 0. The summed E-state index contributed by atoms with van der Waals surface area (Å²) in [5.74, 6) is -1.08. The molecule has 1 aliphatic rings. The molecule has 1 aliphatic heterocycles. The number of halogens is 1. The third kappa shape index (κ3) is 4.56. The molecule has 0 amide bonds. The van der Waals surface area contributed by atoms with Crippen molar-refractivity contribution in [3.8, 4) is 0 Å². The van der Waals surface area contributed by atoms with Crippen molar-refractivity contribution in [2.45, 2.75) is 24.3 Å². The molecule has 27 heavy (non-hydrogen) atoms. The fraction of sp³-hybridized carbons (Fsp3) is 0.368. The maximum absolute atomic E-state index is 14.1. The zero-order valence-electron chi connectivity index (χ0n) is 15.0. The van der Waals surface area contributed by atoms with Gasteiger partial charge in [-0.3, -0.25) is 0 Å². The SMILES string of the molecule is Cc1cccc(CS(=O)(=O)N2CCC(c3ccccc3F)S(=O)(=O)CC2)c1. The van der Waals surface area contributed by atoms with E-state index in [1.165, 1.54) is 22.5 Å². The Labute approximate surface area is 159 Å². The maximum atomic E-state index is 14.1. The largest absolute Gasteiger partial charge is 0.228 e. The third-order valence-electron chi connectivity index (χ3n) is 4.78. The molecule has 1 fully saturated rings. The van der Waals surface area contributed by atoms with Crippen LogP contribution in [0, 0.1) is 12.7 Å². The van der Waals surface area contributed by atoms with Gasteiger partial charge in [-0.2, -0.15) is 0 Å². The number of hydrogen-bond donors (Lipinski definition) is 0. The van der Waals surface area contributed by atoms with Crippen molar-refractivity contribution in [3.63, 3.8) is 0 Å². The molecule has 0 aliphatic carbocycles. The zero-order valence-corrected chi connectivity index (χ0v) is 16.6. The molecule has 2 aromatic carbocycles. The molecule has 0 aromatic heterocycles. The van der Waals surface area contributed by atoms with Crippen molar-refractivity contribution in [2.24, 2.45) is 0 Å². The second-order valence-corrected chi connectivity index (χ2v) is 11.1. The summed E-state index contributed by atoms with van der Waals surface area (Å²) in [7, 11) is -7.32. The van der Waals surface area contributed by atoms with Crippen LogP contribution in [0.3, 0.4) is 0 Å². The van der Waals surface area contributed by atoms with Crippen LogP contribution in [0.1, 0.15) is 28.4 Å². The number of hydrogen-bond acceptors (Lipinski definition) is 4. The summed E-state index contributed by atoms with van der Waals surface area (Å²) in [6.07, 6.45) is 0.0380. The average Bonchev–Trinajstić information content (AvgIpc) is 2.74. The van der Waals surface area contributed by atoms with Gasteiger partial charge < -0.3 is 0 Å². The van der Waals surface area contributed by atoms with Gasteiger partial charge in [-0.15, -0.1) is 0 Å². The molecule has 1 unspecified atom stereocenters. The van der Waals surface area contributed by atoms with Gasteiger partial charge in [-0.1, -0.05) is 48.0 Å². The maximum Gasteiger partial charge on any atom is 0.218 e. The molecule has 0 bridgehead atoms. The average molecular weight is 412 g/mol. The molecule has 0 saturated carbocycles. The number of aryl methyl sites for hydroxylation is 1. The van der Waals surface area contributed by atoms with E-state index in [0.717, 1.165) is 5.56 Å². The molecule has 0 spiro atoms. The summed E-state index contributed by atoms with van der Waals surface area (Å²) < 4.78 is 66.2. The third-order valence-corrected chi connectivity index (χ3v) is 8.73. The first-order valence-corrected chi connectivity index (χ1v) is 12.0. The van der Waals surface area contributed by atoms with Crippen molar-refractivity contribution in [3.05, 3.63) is 71.0 Å². The Bertz CT molecular complexity index is 1040. The summed E-state index contributed by atoms with van der Waals surface area (Å²) in [5, 5.41) is -1.03. The van der Waals surface area contributed by atoms with E-state index < -0.39 is 30.9 Å². The lowest BCUT2D eigenvalue weighted by molar-refractivity contribution is 0.426. The lowest BCUT2D eigenvalue weighted by Crippen LogP contribution is -2.34. The van der Waals surface area contributed by atoms with Crippen LogP contribution in [-0.2, 0) is 25.6 Å². The highest BCUT2D eigenvalue weighted by Crippen LogP contribution is 2.32. The van der Waals surface area contributed by atoms with Gasteiger partial charge in [0.05, 0.1) is 16.8 Å². The van der Waals surface area contributed by atoms with Crippen LogP contribution in [0.2, 0.25) is 0 Å². The minimum atomic E-state index is -3.67. The Morgan fingerprint density at radius 2 is 1.85 bits per heavy atom. The second kappa shape index (κ2) is 7.69. The first kappa shape index (κ1) is 20.0. The quantitative estimate of drug-likeness (QED) is 0.776. The number of rotatable bonds is 4. The van der Waals surface area contributed by atoms with Crippen LogP contribution in [-0.4, -0.2) is 40.0 Å². The van der Waals surface area contributed by atoms with E-state index >= 15 is 0 Å². The molecular weight excluding hydrogens is 389 g/mol. The highest BCUT2D eigenvalue weighted by atomic mass is 32.2. The van der Waals surface area contributed by atoms with Gasteiger partial charge in [-0.25, -0.2) is 25.5 Å². The van der Waals surface area contributed by atoms with Crippen molar-refractivity contribution in [1.82, 2.24) is 4.31 Å². The van der Waals surface area contributed by atoms with Crippen LogP contribution in [0.25, 0.3) is 0 Å². The summed E-state index contributed by atoms with van der Waals surface area (Å²) in [6, 6.07) is 13.0. The molecule has 3 rings (SSSR count). The van der Waals surface area contributed by atoms with Crippen LogP contribution < -0.4 is 0 Å². The van der Waals surface area contributed by atoms with Gasteiger partial charge in [-0.05, 0) is 25.0 Å².